The maximum atomic E-state index is 4.69. The Kier molecular flexibility index (Phi) is 4.92. The molecule has 4 aromatic rings. The molecule has 0 atom stereocenters. The van der Waals surface area contributed by atoms with Crippen LogP contribution in [-0.4, -0.2) is 60.2 Å². The molecule has 1 aliphatic heterocycles. The lowest BCUT2D eigenvalue weighted by Gasteiger charge is -2.35. The molecular formula is C22H26N8. The van der Waals surface area contributed by atoms with Crippen molar-refractivity contribution in [3.63, 3.8) is 0 Å². The standard InChI is InChI=1S/C22H26N8/c1-17(2)30-16-18(13-26-30)15-27-9-11-28(12-10-27)21-22-25-14-20(29(22)8-7-24-21)19-3-5-23-6-4-19/h3-8,13-14,16-17H,9-12,15H2,1-2H3. The molecule has 154 valence electrons. The summed E-state index contributed by atoms with van der Waals surface area (Å²) in [5.41, 5.74) is 4.32. The van der Waals surface area contributed by atoms with Gasteiger partial charge in [-0.25, -0.2) is 9.97 Å². The fraction of sp³-hybridized carbons (Fsp3) is 0.364. The van der Waals surface area contributed by atoms with Gasteiger partial charge in [0.1, 0.15) is 0 Å². The number of rotatable bonds is 5. The van der Waals surface area contributed by atoms with Crippen LogP contribution in [0.3, 0.4) is 0 Å². The zero-order chi connectivity index (χ0) is 20.5. The first-order chi connectivity index (χ1) is 14.7. The van der Waals surface area contributed by atoms with Gasteiger partial charge < -0.3 is 4.90 Å². The lowest BCUT2D eigenvalue weighted by molar-refractivity contribution is 0.249. The molecule has 0 aromatic carbocycles. The number of piperazine rings is 1. The maximum Gasteiger partial charge on any atom is 0.180 e. The molecule has 0 bridgehead atoms. The first-order valence-electron chi connectivity index (χ1n) is 10.4. The highest BCUT2D eigenvalue weighted by molar-refractivity contribution is 5.71. The monoisotopic (exact) mass is 402 g/mol. The Hall–Kier alpha value is -3.26. The van der Waals surface area contributed by atoms with E-state index in [1.165, 1.54) is 5.56 Å². The largest absolute Gasteiger partial charge is 0.351 e. The van der Waals surface area contributed by atoms with E-state index in [-0.39, 0.29) is 0 Å². The van der Waals surface area contributed by atoms with Crippen molar-refractivity contribution in [2.75, 3.05) is 31.1 Å². The normalized spacial score (nSPS) is 15.4. The van der Waals surface area contributed by atoms with E-state index in [0.717, 1.165) is 55.4 Å². The summed E-state index contributed by atoms with van der Waals surface area (Å²) in [5.74, 6) is 0.949. The first-order valence-corrected chi connectivity index (χ1v) is 10.4. The fourth-order valence-electron chi connectivity index (χ4n) is 3.98. The van der Waals surface area contributed by atoms with Gasteiger partial charge in [-0.2, -0.15) is 5.10 Å². The summed E-state index contributed by atoms with van der Waals surface area (Å²) in [4.78, 5) is 18.3. The highest BCUT2D eigenvalue weighted by Gasteiger charge is 2.22. The van der Waals surface area contributed by atoms with Crippen LogP contribution in [0, 0.1) is 0 Å². The second-order valence-corrected chi connectivity index (χ2v) is 8.01. The van der Waals surface area contributed by atoms with E-state index < -0.39 is 0 Å². The zero-order valence-electron chi connectivity index (χ0n) is 17.4. The van der Waals surface area contributed by atoms with Crippen LogP contribution < -0.4 is 4.90 Å². The first kappa shape index (κ1) is 18.7. The van der Waals surface area contributed by atoms with Crippen molar-refractivity contribution in [2.45, 2.75) is 26.4 Å². The summed E-state index contributed by atoms with van der Waals surface area (Å²) in [5, 5.41) is 4.46. The third-order valence-electron chi connectivity index (χ3n) is 5.65. The van der Waals surface area contributed by atoms with Gasteiger partial charge in [-0.1, -0.05) is 0 Å². The summed E-state index contributed by atoms with van der Waals surface area (Å²) >= 11 is 0. The Morgan fingerprint density at radius 1 is 0.967 bits per heavy atom. The number of imidazole rings is 1. The second kappa shape index (κ2) is 7.87. The number of pyridine rings is 1. The lowest BCUT2D eigenvalue weighted by Crippen LogP contribution is -2.46. The van der Waals surface area contributed by atoms with E-state index in [2.05, 4.69) is 54.3 Å². The average molecular weight is 403 g/mol. The number of hydrogen-bond acceptors (Lipinski definition) is 6. The molecule has 0 N–H and O–H groups in total. The van der Waals surface area contributed by atoms with E-state index in [4.69, 9.17) is 0 Å². The van der Waals surface area contributed by atoms with Gasteiger partial charge in [-0.15, -0.1) is 0 Å². The highest BCUT2D eigenvalue weighted by Crippen LogP contribution is 2.25. The van der Waals surface area contributed by atoms with Crippen molar-refractivity contribution in [1.29, 1.82) is 0 Å². The summed E-state index contributed by atoms with van der Waals surface area (Å²) < 4.78 is 4.14. The molecule has 0 saturated carbocycles. The molecule has 5 heterocycles. The number of hydrogen-bond donors (Lipinski definition) is 0. The quantitative estimate of drug-likeness (QED) is 0.511. The number of aromatic nitrogens is 6. The molecule has 0 spiro atoms. The van der Waals surface area contributed by atoms with E-state index in [0.29, 0.717) is 6.04 Å². The maximum absolute atomic E-state index is 4.69. The SMILES string of the molecule is CC(C)n1cc(CN2CCN(c3nccn4c(-c5ccncc5)cnc34)CC2)cn1. The topological polar surface area (TPSA) is 67.4 Å². The van der Waals surface area contributed by atoms with Crippen molar-refractivity contribution >= 4 is 11.5 Å². The number of anilines is 1. The van der Waals surface area contributed by atoms with Gasteiger partial charge in [-0.05, 0) is 26.0 Å². The van der Waals surface area contributed by atoms with Crippen LogP contribution in [0.15, 0.2) is 55.5 Å². The smallest absolute Gasteiger partial charge is 0.180 e. The van der Waals surface area contributed by atoms with Crippen LogP contribution in [0.2, 0.25) is 0 Å². The van der Waals surface area contributed by atoms with E-state index in [1.807, 2.05) is 41.6 Å². The summed E-state index contributed by atoms with van der Waals surface area (Å²) in [6, 6.07) is 4.40. The van der Waals surface area contributed by atoms with Crippen molar-refractivity contribution in [3.05, 3.63) is 61.1 Å². The van der Waals surface area contributed by atoms with Crippen LogP contribution in [0.1, 0.15) is 25.5 Å². The summed E-state index contributed by atoms with van der Waals surface area (Å²) in [6.07, 6.45) is 13.5. The molecule has 0 unspecified atom stereocenters. The Balaban J connectivity index is 1.31. The number of nitrogens with zero attached hydrogens (tertiary/aromatic N) is 8. The Morgan fingerprint density at radius 2 is 1.77 bits per heavy atom. The molecule has 1 aliphatic rings. The molecular weight excluding hydrogens is 376 g/mol. The molecule has 30 heavy (non-hydrogen) atoms. The van der Waals surface area contributed by atoms with Gasteiger partial charge >= 0.3 is 0 Å². The minimum absolute atomic E-state index is 0.397. The van der Waals surface area contributed by atoms with Gasteiger partial charge in [0.25, 0.3) is 0 Å². The minimum atomic E-state index is 0.397. The second-order valence-electron chi connectivity index (χ2n) is 8.01. The molecule has 0 aliphatic carbocycles. The third kappa shape index (κ3) is 3.54. The zero-order valence-corrected chi connectivity index (χ0v) is 17.4. The lowest BCUT2D eigenvalue weighted by atomic mass is 10.2. The van der Waals surface area contributed by atoms with E-state index in [1.54, 1.807) is 12.4 Å². The van der Waals surface area contributed by atoms with Gasteiger partial charge in [-0.3, -0.25) is 19.0 Å². The van der Waals surface area contributed by atoms with Crippen molar-refractivity contribution in [3.8, 4) is 11.3 Å². The van der Waals surface area contributed by atoms with Gasteiger partial charge in [0.05, 0.1) is 18.1 Å². The molecule has 4 aromatic heterocycles. The minimum Gasteiger partial charge on any atom is -0.351 e. The molecule has 1 fully saturated rings. The molecule has 8 heteroatoms. The molecule has 0 amide bonds. The van der Waals surface area contributed by atoms with Crippen molar-refractivity contribution in [2.24, 2.45) is 0 Å². The van der Waals surface area contributed by atoms with Gasteiger partial charge in [0.2, 0.25) is 0 Å². The predicted octanol–water partition coefficient (Wildman–Crippen LogP) is 2.89. The van der Waals surface area contributed by atoms with Crippen molar-refractivity contribution in [1.82, 2.24) is 34.0 Å². The van der Waals surface area contributed by atoms with Gasteiger partial charge in [0, 0.05) is 80.9 Å². The number of fused-ring (bicyclic) bond motifs is 1. The summed E-state index contributed by atoms with van der Waals surface area (Å²) in [6.45, 7) is 9.09. The van der Waals surface area contributed by atoms with Crippen LogP contribution in [0.5, 0.6) is 0 Å². The Bertz CT molecular complexity index is 1120. The molecule has 1 saturated heterocycles. The molecule has 8 nitrogen and oxygen atoms in total. The van der Waals surface area contributed by atoms with Crippen LogP contribution >= 0.6 is 0 Å². The van der Waals surface area contributed by atoms with Crippen LogP contribution in [0.25, 0.3) is 16.9 Å². The van der Waals surface area contributed by atoms with E-state index in [9.17, 15) is 0 Å². The van der Waals surface area contributed by atoms with Gasteiger partial charge in [0.15, 0.2) is 11.5 Å². The van der Waals surface area contributed by atoms with Crippen molar-refractivity contribution < 1.29 is 0 Å². The van der Waals surface area contributed by atoms with E-state index >= 15 is 0 Å². The highest BCUT2D eigenvalue weighted by atomic mass is 15.3. The summed E-state index contributed by atoms with van der Waals surface area (Å²) in [7, 11) is 0. The fourth-order valence-corrected chi connectivity index (χ4v) is 3.98. The average Bonchev–Trinajstić information content (AvgIpc) is 3.42. The third-order valence-corrected chi connectivity index (χ3v) is 5.65. The van der Waals surface area contributed by atoms with Crippen LogP contribution in [0.4, 0.5) is 5.82 Å². The van der Waals surface area contributed by atoms with Crippen LogP contribution in [-0.2, 0) is 6.54 Å². The Labute approximate surface area is 175 Å². The molecule has 0 radical (unpaired) electrons. The molecule has 5 rings (SSSR count). The predicted molar refractivity (Wildman–Crippen MR) is 116 cm³/mol. The Morgan fingerprint density at radius 3 is 2.50 bits per heavy atom.